The Bertz CT molecular complexity index is 379. The van der Waals surface area contributed by atoms with E-state index in [0.717, 1.165) is 6.42 Å². The summed E-state index contributed by atoms with van der Waals surface area (Å²) in [5.41, 5.74) is 2.74. The first-order chi connectivity index (χ1) is 8.01. The standard InChI is InChI=1S/C13H23N3O/c1-13(2,3)15-11-5-4-6-12-10(11)9-14-16(12)7-8-17/h9,11,15,17H,4-8H2,1-3H3. The zero-order valence-electron chi connectivity index (χ0n) is 11.0. The fourth-order valence-electron chi connectivity index (χ4n) is 2.58. The highest BCUT2D eigenvalue weighted by Crippen LogP contribution is 2.30. The van der Waals surface area contributed by atoms with Gasteiger partial charge in [-0.1, -0.05) is 0 Å². The lowest BCUT2D eigenvalue weighted by atomic mass is 9.91. The number of rotatable bonds is 3. The lowest BCUT2D eigenvalue weighted by Gasteiger charge is -2.31. The third-order valence-electron chi connectivity index (χ3n) is 3.18. The van der Waals surface area contributed by atoms with Gasteiger partial charge in [-0.25, -0.2) is 0 Å². The first-order valence-electron chi connectivity index (χ1n) is 6.44. The van der Waals surface area contributed by atoms with Crippen molar-refractivity contribution in [1.82, 2.24) is 15.1 Å². The van der Waals surface area contributed by atoms with Gasteiger partial charge in [-0.15, -0.1) is 0 Å². The van der Waals surface area contributed by atoms with Crippen LogP contribution in [0.2, 0.25) is 0 Å². The minimum atomic E-state index is 0.123. The molecule has 0 saturated heterocycles. The minimum Gasteiger partial charge on any atom is -0.394 e. The summed E-state index contributed by atoms with van der Waals surface area (Å²) >= 11 is 0. The fraction of sp³-hybridized carbons (Fsp3) is 0.769. The molecule has 1 aromatic rings. The average Bonchev–Trinajstić information content (AvgIpc) is 2.61. The molecule has 0 aliphatic heterocycles. The summed E-state index contributed by atoms with van der Waals surface area (Å²) in [6, 6.07) is 0.409. The molecule has 1 aliphatic carbocycles. The van der Waals surface area contributed by atoms with E-state index in [4.69, 9.17) is 5.11 Å². The van der Waals surface area contributed by atoms with Gasteiger partial charge >= 0.3 is 0 Å². The molecule has 2 N–H and O–H groups in total. The van der Waals surface area contributed by atoms with Gasteiger partial charge in [0.2, 0.25) is 0 Å². The van der Waals surface area contributed by atoms with Gasteiger partial charge in [0.25, 0.3) is 0 Å². The van der Waals surface area contributed by atoms with Gasteiger partial charge in [-0.05, 0) is 40.0 Å². The van der Waals surface area contributed by atoms with Gasteiger partial charge in [-0.2, -0.15) is 5.10 Å². The Morgan fingerprint density at radius 1 is 1.53 bits per heavy atom. The van der Waals surface area contributed by atoms with E-state index in [1.807, 2.05) is 10.9 Å². The number of aromatic nitrogens is 2. The average molecular weight is 237 g/mol. The van der Waals surface area contributed by atoms with Crippen molar-refractivity contribution < 1.29 is 5.11 Å². The number of nitrogens with one attached hydrogen (secondary N) is 1. The van der Waals surface area contributed by atoms with E-state index in [1.54, 1.807) is 0 Å². The van der Waals surface area contributed by atoms with Crippen molar-refractivity contribution in [2.75, 3.05) is 6.61 Å². The normalized spacial score (nSPS) is 20.4. The molecule has 0 amide bonds. The number of aliphatic hydroxyl groups excluding tert-OH is 1. The number of aliphatic hydroxyl groups is 1. The zero-order chi connectivity index (χ0) is 12.5. The first-order valence-corrected chi connectivity index (χ1v) is 6.44. The molecule has 1 aliphatic rings. The summed E-state index contributed by atoms with van der Waals surface area (Å²) < 4.78 is 1.95. The van der Waals surface area contributed by atoms with E-state index in [0.29, 0.717) is 12.6 Å². The lowest BCUT2D eigenvalue weighted by molar-refractivity contribution is 0.265. The van der Waals surface area contributed by atoms with Crippen molar-refractivity contribution >= 4 is 0 Å². The van der Waals surface area contributed by atoms with Crippen molar-refractivity contribution in [2.24, 2.45) is 0 Å². The van der Waals surface area contributed by atoms with Gasteiger partial charge in [0.15, 0.2) is 0 Å². The third-order valence-corrected chi connectivity index (χ3v) is 3.18. The van der Waals surface area contributed by atoms with E-state index in [-0.39, 0.29) is 12.1 Å². The Balaban J connectivity index is 2.20. The maximum absolute atomic E-state index is 9.02. The number of nitrogens with zero attached hydrogens (tertiary/aromatic N) is 2. The van der Waals surface area contributed by atoms with E-state index in [1.165, 1.54) is 24.1 Å². The molecule has 4 nitrogen and oxygen atoms in total. The molecule has 0 spiro atoms. The first kappa shape index (κ1) is 12.6. The van der Waals surface area contributed by atoms with Crippen LogP contribution in [-0.2, 0) is 13.0 Å². The van der Waals surface area contributed by atoms with Crippen LogP contribution in [-0.4, -0.2) is 27.0 Å². The van der Waals surface area contributed by atoms with Crippen LogP contribution in [0.4, 0.5) is 0 Å². The molecule has 96 valence electrons. The predicted molar refractivity (Wildman–Crippen MR) is 67.9 cm³/mol. The summed E-state index contributed by atoms with van der Waals surface area (Å²) in [5, 5.41) is 17.1. The molecule has 1 unspecified atom stereocenters. The van der Waals surface area contributed by atoms with Gasteiger partial charge in [-0.3, -0.25) is 4.68 Å². The highest BCUT2D eigenvalue weighted by Gasteiger charge is 2.26. The van der Waals surface area contributed by atoms with Crippen LogP contribution in [0, 0.1) is 0 Å². The quantitative estimate of drug-likeness (QED) is 0.840. The fourth-order valence-corrected chi connectivity index (χ4v) is 2.58. The van der Waals surface area contributed by atoms with Gasteiger partial charge < -0.3 is 10.4 Å². The largest absolute Gasteiger partial charge is 0.394 e. The van der Waals surface area contributed by atoms with Crippen molar-refractivity contribution in [1.29, 1.82) is 0 Å². The summed E-state index contributed by atoms with van der Waals surface area (Å²) in [6.45, 7) is 7.35. The Morgan fingerprint density at radius 2 is 2.29 bits per heavy atom. The number of fused-ring (bicyclic) bond motifs is 1. The number of hydrogen-bond acceptors (Lipinski definition) is 3. The minimum absolute atomic E-state index is 0.123. The molecule has 0 saturated carbocycles. The third kappa shape index (κ3) is 2.87. The van der Waals surface area contributed by atoms with Crippen LogP contribution in [0.3, 0.4) is 0 Å². The maximum Gasteiger partial charge on any atom is 0.0644 e. The summed E-state index contributed by atoms with van der Waals surface area (Å²) in [5.74, 6) is 0. The summed E-state index contributed by atoms with van der Waals surface area (Å²) in [6.07, 6.45) is 5.41. The molecule has 0 radical (unpaired) electrons. The maximum atomic E-state index is 9.02. The van der Waals surface area contributed by atoms with Crippen molar-refractivity contribution in [3.05, 3.63) is 17.5 Å². The second-order valence-corrected chi connectivity index (χ2v) is 5.83. The summed E-state index contributed by atoms with van der Waals surface area (Å²) in [7, 11) is 0. The highest BCUT2D eigenvalue weighted by atomic mass is 16.3. The lowest BCUT2D eigenvalue weighted by Crippen LogP contribution is -2.40. The molecule has 0 fully saturated rings. The van der Waals surface area contributed by atoms with Crippen molar-refractivity contribution in [3.8, 4) is 0 Å². The molecule has 4 heteroatoms. The van der Waals surface area contributed by atoms with Crippen LogP contribution < -0.4 is 5.32 Å². The second kappa shape index (κ2) is 4.78. The Kier molecular flexibility index (Phi) is 3.54. The molecule has 0 bridgehead atoms. The van der Waals surface area contributed by atoms with Crippen molar-refractivity contribution in [2.45, 2.75) is 58.2 Å². The van der Waals surface area contributed by atoms with Crippen LogP contribution >= 0.6 is 0 Å². The summed E-state index contributed by atoms with van der Waals surface area (Å²) in [4.78, 5) is 0. The zero-order valence-corrected chi connectivity index (χ0v) is 11.0. The molecule has 1 atom stereocenters. The highest BCUT2D eigenvalue weighted by molar-refractivity contribution is 5.25. The smallest absolute Gasteiger partial charge is 0.0644 e. The molecular formula is C13H23N3O. The molecule has 1 aromatic heterocycles. The Hall–Kier alpha value is -0.870. The van der Waals surface area contributed by atoms with E-state index in [9.17, 15) is 0 Å². The van der Waals surface area contributed by atoms with Crippen molar-refractivity contribution in [3.63, 3.8) is 0 Å². The SMILES string of the molecule is CC(C)(C)NC1CCCc2c1cnn2CCO. The Morgan fingerprint density at radius 3 is 2.94 bits per heavy atom. The Labute approximate surface area is 103 Å². The van der Waals surface area contributed by atoms with Crippen LogP contribution in [0.5, 0.6) is 0 Å². The van der Waals surface area contributed by atoms with Gasteiger partial charge in [0.1, 0.15) is 0 Å². The molecule has 0 aromatic carbocycles. The van der Waals surface area contributed by atoms with Crippen LogP contribution in [0.25, 0.3) is 0 Å². The second-order valence-electron chi connectivity index (χ2n) is 5.83. The topological polar surface area (TPSA) is 50.1 Å². The van der Waals surface area contributed by atoms with Crippen LogP contribution in [0.1, 0.15) is 50.9 Å². The van der Waals surface area contributed by atoms with E-state index >= 15 is 0 Å². The molecule has 17 heavy (non-hydrogen) atoms. The molecule has 1 heterocycles. The van der Waals surface area contributed by atoms with Crippen LogP contribution in [0.15, 0.2) is 6.20 Å². The monoisotopic (exact) mass is 237 g/mol. The van der Waals surface area contributed by atoms with E-state index in [2.05, 4.69) is 31.2 Å². The molecule has 2 rings (SSSR count). The van der Waals surface area contributed by atoms with Gasteiger partial charge in [0.05, 0.1) is 19.3 Å². The molecular weight excluding hydrogens is 214 g/mol. The van der Waals surface area contributed by atoms with Gasteiger partial charge in [0, 0.05) is 22.8 Å². The van der Waals surface area contributed by atoms with E-state index < -0.39 is 0 Å². The number of hydrogen-bond donors (Lipinski definition) is 2. The predicted octanol–water partition coefficient (Wildman–Crippen LogP) is 1.64.